The van der Waals surface area contributed by atoms with Gasteiger partial charge >= 0.3 is 12.1 Å². The number of halogens is 2. The molecule has 5 N–H and O–H groups in total. The van der Waals surface area contributed by atoms with Gasteiger partial charge in [0.25, 0.3) is 16.7 Å². The minimum absolute atomic E-state index is 0.0106. The van der Waals surface area contributed by atoms with Crippen LogP contribution in [0.25, 0.3) is 22.3 Å². The summed E-state index contributed by atoms with van der Waals surface area (Å²) in [6, 6.07) is 40.8. The topological polar surface area (TPSA) is 380 Å². The Morgan fingerprint density at radius 2 is 1.14 bits per heavy atom. The van der Waals surface area contributed by atoms with Crippen LogP contribution in [-0.2, 0) is 125 Å². The number of benzene rings is 5. The van der Waals surface area contributed by atoms with E-state index in [0.717, 1.165) is 32.3 Å². The van der Waals surface area contributed by atoms with E-state index < -0.39 is 76.9 Å². The summed E-state index contributed by atoms with van der Waals surface area (Å²) in [5.41, 5.74) is 2.47. The van der Waals surface area contributed by atoms with Crippen molar-refractivity contribution in [2.45, 2.75) is 82.5 Å². The Balaban J connectivity index is 0.559. The maximum Gasteiger partial charge on any atom is 0.510 e. The number of ether oxygens (including phenoxy) is 15. The number of aromatic nitrogens is 4. The molecule has 0 saturated carbocycles. The fourth-order valence-corrected chi connectivity index (χ4v) is 14.5. The molecule has 120 heavy (non-hydrogen) atoms. The summed E-state index contributed by atoms with van der Waals surface area (Å²) in [4.78, 5) is 124. The number of carbonyl (C=O) groups is 6. The van der Waals surface area contributed by atoms with E-state index in [1.54, 1.807) is 55.0 Å². The first-order valence-corrected chi connectivity index (χ1v) is 41.1. The standard InChI is InChI=1S/C85H99Br2N9O24/c1-4-84(66-49-69-77-59(51-95(69)79(101)65(66)53-116-82(84)104)47-58-48-70-71(119-56-118-70)50-68(58)93-77)120-83(105)117-52-57-18-22-63(23-19-57)91-78(100)67(17-11-12-27-90-85(60-13-7-5-8-14-60,61-15-9-6-10-16-61)62-20-24-64(106-3)25-21-62)92-74(99)55-115-54-73(98)89-29-32-108-34-36-110-38-40-112-42-44-114-46-45-113-43-41-111-39-37-109-35-33-107-31-28-88-72(97)26-30-96-81(103)76(87)75(86)80(102)94(96)2/h5-10,13-16,18-25,47-50,67,90H,4,11-12,17,26-46,51-56H2,1-3H3,(H,88,97)(H,89,98)(H,91,100)(H,92,99)/t67-,84-/m0/s1. The van der Waals surface area contributed by atoms with Gasteiger partial charge < -0.3 is 96.9 Å². The number of anilines is 1. The van der Waals surface area contributed by atoms with E-state index in [1.807, 2.05) is 72.8 Å². The summed E-state index contributed by atoms with van der Waals surface area (Å²) in [5, 5.41) is 15.8. The van der Waals surface area contributed by atoms with Crippen LogP contribution < -0.4 is 57.5 Å². The summed E-state index contributed by atoms with van der Waals surface area (Å²) in [6.45, 7) is 6.85. The zero-order chi connectivity index (χ0) is 84.6. The zero-order valence-electron chi connectivity index (χ0n) is 67.0. The highest BCUT2D eigenvalue weighted by Crippen LogP contribution is 2.44. The van der Waals surface area contributed by atoms with E-state index >= 15 is 0 Å². The first-order chi connectivity index (χ1) is 58.4. The van der Waals surface area contributed by atoms with Gasteiger partial charge in [-0.15, -0.1) is 0 Å². The Morgan fingerprint density at radius 3 is 1.73 bits per heavy atom. The van der Waals surface area contributed by atoms with E-state index in [-0.39, 0.29) is 111 Å². The minimum Gasteiger partial charge on any atom is -0.497 e. The molecule has 0 saturated heterocycles. The van der Waals surface area contributed by atoms with Gasteiger partial charge in [0.1, 0.15) is 47.2 Å². The van der Waals surface area contributed by atoms with Gasteiger partial charge in [-0.3, -0.25) is 38.9 Å². The molecule has 2 atom stereocenters. The average molecular weight is 1790 g/mol. The van der Waals surface area contributed by atoms with Crippen molar-refractivity contribution >= 4 is 84.2 Å². The van der Waals surface area contributed by atoms with Gasteiger partial charge in [-0.05, 0) is 129 Å². The Labute approximate surface area is 708 Å². The maximum atomic E-state index is 14.3. The molecule has 0 aliphatic carbocycles. The van der Waals surface area contributed by atoms with Gasteiger partial charge in [0.15, 0.2) is 11.5 Å². The predicted molar refractivity (Wildman–Crippen MR) is 444 cm³/mol. The van der Waals surface area contributed by atoms with Crippen molar-refractivity contribution in [3.05, 3.63) is 212 Å². The summed E-state index contributed by atoms with van der Waals surface area (Å²) in [6.07, 6.45) is -0.0152. The van der Waals surface area contributed by atoms with E-state index in [4.69, 9.17) is 76.0 Å². The van der Waals surface area contributed by atoms with Gasteiger partial charge in [0.2, 0.25) is 36.0 Å². The minimum atomic E-state index is -2.03. The van der Waals surface area contributed by atoms with E-state index in [0.29, 0.717) is 151 Å². The van der Waals surface area contributed by atoms with Crippen molar-refractivity contribution in [2.75, 3.05) is 158 Å². The molecule has 3 aromatic heterocycles. The largest absolute Gasteiger partial charge is 0.510 e. The molecule has 33 nitrogen and oxygen atoms in total. The number of methoxy groups -OCH3 is 1. The van der Waals surface area contributed by atoms with Crippen LogP contribution in [0.3, 0.4) is 0 Å². The number of carbonyl (C=O) groups excluding carboxylic acids is 6. The van der Waals surface area contributed by atoms with Gasteiger partial charge in [0, 0.05) is 54.8 Å². The SMILES string of the molecule is CC[C@@]1(OC(=O)OCc2ccc(NC(=O)[C@H](CCCCNC(c3ccccc3)(c3ccccc3)c3ccc(OC)cc3)NC(=O)COCC(=O)NCCOCCOCCOCCOCCOCCOCCOCCOCCNC(=O)CCn3c(=O)c(Br)c(Br)c(=O)n3C)cc2)C(=O)OCc2c1cc1n(c2=O)Cc2cc3cc4c(cc3nc2-1)OCO4. The fraction of sp³-hybridized carbons (Fsp3) is 0.435. The number of rotatable bonds is 51. The lowest BCUT2D eigenvalue weighted by molar-refractivity contribution is -0.175. The Bertz CT molecular complexity index is 4920. The lowest BCUT2D eigenvalue weighted by Gasteiger charge is -2.37. The van der Waals surface area contributed by atoms with Crippen molar-refractivity contribution in [1.29, 1.82) is 0 Å². The normalized spacial score (nSPS) is 14.0. The zero-order valence-corrected chi connectivity index (χ0v) is 70.2. The van der Waals surface area contributed by atoms with Gasteiger partial charge in [-0.1, -0.05) is 91.9 Å². The summed E-state index contributed by atoms with van der Waals surface area (Å²) < 4.78 is 87.7. The van der Waals surface area contributed by atoms with Crippen molar-refractivity contribution in [2.24, 2.45) is 7.05 Å². The smallest absolute Gasteiger partial charge is 0.497 e. The summed E-state index contributed by atoms with van der Waals surface area (Å²) in [7, 11) is 3.08. The van der Waals surface area contributed by atoms with Crippen LogP contribution in [0.1, 0.15) is 78.0 Å². The molecule has 0 unspecified atom stereocenters. The molecule has 0 radical (unpaired) electrons. The number of hydrogen-bond donors (Lipinski definition) is 5. The van der Waals surface area contributed by atoms with Crippen molar-refractivity contribution in [3.63, 3.8) is 0 Å². The maximum absolute atomic E-state index is 14.3. The molecule has 6 heterocycles. The molecular weight excluding hydrogens is 1690 g/mol. The molecule has 8 aromatic rings. The van der Waals surface area contributed by atoms with Gasteiger partial charge in [-0.25, -0.2) is 23.9 Å². The fourth-order valence-electron chi connectivity index (χ4n) is 13.7. The molecule has 4 amide bonds. The third-order valence-corrected chi connectivity index (χ3v) is 21.9. The molecule has 0 fully saturated rings. The van der Waals surface area contributed by atoms with Crippen LogP contribution in [0.2, 0.25) is 0 Å². The third-order valence-electron chi connectivity index (χ3n) is 19.9. The first kappa shape index (κ1) is 90.5. The second-order valence-corrected chi connectivity index (χ2v) is 29.4. The molecular formula is C85H99Br2N9O24. The Hall–Kier alpha value is -10.3. The number of nitrogens with one attached hydrogen (secondary N) is 5. The Morgan fingerprint density at radius 1 is 0.592 bits per heavy atom. The highest BCUT2D eigenvalue weighted by molar-refractivity contribution is 9.13. The van der Waals surface area contributed by atoms with Crippen LogP contribution >= 0.6 is 31.9 Å². The van der Waals surface area contributed by atoms with Gasteiger partial charge in [0.05, 0.1) is 154 Å². The molecule has 642 valence electrons. The van der Waals surface area contributed by atoms with E-state index in [1.165, 1.54) is 11.7 Å². The monoisotopic (exact) mass is 1790 g/mol. The lowest BCUT2D eigenvalue weighted by Crippen LogP contribution is -2.47. The van der Waals surface area contributed by atoms with E-state index in [9.17, 15) is 43.2 Å². The van der Waals surface area contributed by atoms with E-state index in [2.05, 4.69) is 82.7 Å². The molecule has 5 aromatic carbocycles. The number of amides is 4. The molecule has 0 spiro atoms. The third kappa shape index (κ3) is 24.3. The van der Waals surface area contributed by atoms with Crippen LogP contribution in [-0.4, -0.2) is 213 Å². The summed E-state index contributed by atoms with van der Waals surface area (Å²) >= 11 is 6.20. The number of pyridine rings is 2. The molecule has 11 rings (SSSR count). The quantitative estimate of drug-likeness (QED) is 0.0143. The number of cyclic esters (lactones) is 1. The van der Waals surface area contributed by atoms with Crippen LogP contribution in [0.4, 0.5) is 10.5 Å². The van der Waals surface area contributed by atoms with Crippen LogP contribution in [0.5, 0.6) is 17.2 Å². The van der Waals surface area contributed by atoms with Crippen molar-refractivity contribution in [3.8, 4) is 28.6 Å². The van der Waals surface area contributed by atoms with Crippen LogP contribution in [0.15, 0.2) is 157 Å². The second-order valence-electron chi connectivity index (χ2n) is 27.8. The highest BCUT2D eigenvalue weighted by atomic mass is 79.9. The number of esters is 1. The Kier molecular flexibility index (Phi) is 34.6. The van der Waals surface area contributed by atoms with Gasteiger partial charge in [-0.2, -0.15) is 0 Å². The number of fused-ring (bicyclic) bond motifs is 6. The summed E-state index contributed by atoms with van der Waals surface area (Å²) in [5.74, 6) is -0.942. The average Bonchev–Trinajstić information content (AvgIpc) is 1.49. The van der Waals surface area contributed by atoms with Crippen LogP contribution in [0, 0.1) is 0 Å². The predicted octanol–water partition coefficient (Wildman–Crippen LogP) is 7.21. The first-order valence-electron chi connectivity index (χ1n) is 39.5. The number of nitrogens with zero attached hydrogens (tertiary/aromatic N) is 4. The molecule has 35 heteroatoms. The highest BCUT2D eigenvalue weighted by Gasteiger charge is 2.51. The molecule has 3 aliphatic rings. The second kappa shape index (κ2) is 45.9. The van der Waals surface area contributed by atoms with Crippen molar-refractivity contribution < 1.29 is 99.8 Å². The number of hydrogen-bond acceptors (Lipinski definition) is 26. The lowest BCUT2D eigenvalue weighted by atomic mass is 9.77. The number of unbranched alkanes of at least 4 members (excludes halogenated alkanes) is 1. The molecule has 3 aliphatic heterocycles. The molecule has 0 bridgehead atoms. The van der Waals surface area contributed by atoms with Crippen molar-refractivity contribution in [1.82, 2.24) is 40.2 Å².